The van der Waals surface area contributed by atoms with Crippen LogP contribution in [0, 0.1) is 5.41 Å². The summed E-state index contributed by atoms with van der Waals surface area (Å²) >= 11 is 0. The van der Waals surface area contributed by atoms with E-state index in [1.165, 1.54) is 27.8 Å². The van der Waals surface area contributed by atoms with Gasteiger partial charge in [0.1, 0.15) is 11.5 Å². The van der Waals surface area contributed by atoms with Crippen molar-refractivity contribution >= 4 is 11.4 Å². The van der Waals surface area contributed by atoms with Crippen LogP contribution in [0.15, 0.2) is 35.4 Å². The van der Waals surface area contributed by atoms with Gasteiger partial charge in [-0.15, -0.1) is 0 Å². The Balaban J connectivity index is 1.82. The molecule has 3 aliphatic rings. The first-order chi connectivity index (χ1) is 10.1. The fourth-order valence-corrected chi connectivity index (χ4v) is 4.25. The lowest BCUT2D eigenvalue weighted by Gasteiger charge is -2.39. The normalized spacial score (nSPS) is 27.0. The first kappa shape index (κ1) is 12.9. The maximum absolute atomic E-state index is 12.4. The number of benzene rings is 1. The largest absolute Gasteiger partial charge is 0.497 e. The Morgan fingerprint density at radius 2 is 2.05 bits per heavy atom. The van der Waals surface area contributed by atoms with Crippen LogP contribution in [0.1, 0.15) is 43.7 Å². The molecule has 0 saturated carbocycles. The van der Waals surface area contributed by atoms with E-state index in [1.54, 1.807) is 7.11 Å². The molecule has 0 fully saturated rings. The first-order valence-electron chi connectivity index (χ1n) is 7.77. The molecule has 0 saturated heterocycles. The van der Waals surface area contributed by atoms with E-state index < -0.39 is 0 Å². The van der Waals surface area contributed by atoms with Crippen molar-refractivity contribution in [3.05, 3.63) is 46.5 Å². The molecule has 0 spiro atoms. The molecule has 0 bridgehead atoms. The molecule has 0 aromatic heterocycles. The number of carbonyl (C=O) groups is 1. The number of rotatable bonds is 1. The molecule has 21 heavy (non-hydrogen) atoms. The molecule has 1 atom stereocenters. The van der Waals surface area contributed by atoms with Gasteiger partial charge < -0.3 is 4.74 Å². The van der Waals surface area contributed by atoms with Gasteiger partial charge in [-0.05, 0) is 72.6 Å². The summed E-state index contributed by atoms with van der Waals surface area (Å²) in [6.07, 6.45) is 6.87. The van der Waals surface area contributed by atoms with Gasteiger partial charge in [-0.1, -0.05) is 12.1 Å². The summed E-state index contributed by atoms with van der Waals surface area (Å²) in [4.78, 5) is 12.4. The van der Waals surface area contributed by atoms with Gasteiger partial charge in [0, 0.05) is 6.42 Å². The highest BCUT2D eigenvalue weighted by Gasteiger charge is 2.44. The standard InChI is InChI=1S/C19H20O2/c1-19-9-8-15-14-7-6-13(21-2)10-12(14)11-16(15)17(19)4-3-5-18(19)20/h4,6-7,10H,3,5,8-9,11H2,1-2H3/t19-/m0/s1. The van der Waals surface area contributed by atoms with Crippen molar-refractivity contribution in [3.8, 4) is 5.75 Å². The molecule has 0 aliphatic heterocycles. The summed E-state index contributed by atoms with van der Waals surface area (Å²) in [6, 6.07) is 6.38. The third kappa shape index (κ3) is 1.68. The highest BCUT2D eigenvalue weighted by Crippen LogP contribution is 2.53. The molecule has 1 aromatic rings. The number of ketones is 1. The van der Waals surface area contributed by atoms with Crippen LogP contribution in [0.2, 0.25) is 0 Å². The van der Waals surface area contributed by atoms with Crippen LogP contribution in [0.4, 0.5) is 0 Å². The minimum absolute atomic E-state index is 0.233. The summed E-state index contributed by atoms with van der Waals surface area (Å²) in [5.41, 5.74) is 6.68. The molecule has 2 nitrogen and oxygen atoms in total. The molecule has 108 valence electrons. The van der Waals surface area contributed by atoms with Crippen LogP contribution in [-0.2, 0) is 11.2 Å². The minimum Gasteiger partial charge on any atom is -0.497 e. The first-order valence-corrected chi connectivity index (χ1v) is 7.77. The summed E-state index contributed by atoms with van der Waals surface area (Å²) in [5.74, 6) is 1.35. The lowest BCUT2D eigenvalue weighted by atomic mass is 9.63. The van der Waals surface area contributed by atoms with E-state index in [0.717, 1.165) is 31.4 Å². The van der Waals surface area contributed by atoms with E-state index >= 15 is 0 Å². The van der Waals surface area contributed by atoms with Gasteiger partial charge in [0.05, 0.1) is 12.5 Å². The minimum atomic E-state index is -0.233. The van der Waals surface area contributed by atoms with E-state index in [4.69, 9.17) is 4.74 Å². The van der Waals surface area contributed by atoms with Gasteiger partial charge in [0.2, 0.25) is 0 Å². The van der Waals surface area contributed by atoms with Gasteiger partial charge >= 0.3 is 0 Å². The van der Waals surface area contributed by atoms with Crippen LogP contribution in [-0.4, -0.2) is 12.9 Å². The van der Waals surface area contributed by atoms with Crippen LogP contribution in [0.5, 0.6) is 5.75 Å². The highest BCUT2D eigenvalue weighted by molar-refractivity contribution is 5.94. The Morgan fingerprint density at radius 3 is 2.86 bits per heavy atom. The molecule has 1 aromatic carbocycles. The number of hydrogen-bond donors (Lipinski definition) is 0. The number of ether oxygens (including phenoxy) is 1. The molecule has 3 aliphatic carbocycles. The second-order valence-electron chi connectivity index (χ2n) is 6.57. The molecule has 4 rings (SSSR count). The van der Waals surface area contributed by atoms with Crippen LogP contribution in [0.3, 0.4) is 0 Å². The fourth-order valence-electron chi connectivity index (χ4n) is 4.25. The number of carbonyl (C=O) groups excluding carboxylic acids is 1. The number of hydrogen-bond acceptors (Lipinski definition) is 2. The zero-order chi connectivity index (χ0) is 14.6. The van der Waals surface area contributed by atoms with E-state index in [-0.39, 0.29) is 5.41 Å². The molecular formula is C19H20O2. The van der Waals surface area contributed by atoms with Crippen molar-refractivity contribution in [3.63, 3.8) is 0 Å². The number of fused-ring (bicyclic) bond motifs is 4. The fraction of sp³-hybridized carbons (Fsp3) is 0.421. The summed E-state index contributed by atoms with van der Waals surface area (Å²) < 4.78 is 5.35. The smallest absolute Gasteiger partial charge is 0.143 e. The zero-order valence-electron chi connectivity index (χ0n) is 12.7. The van der Waals surface area contributed by atoms with E-state index in [2.05, 4.69) is 25.1 Å². The summed E-state index contributed by atoms with van der Waals surface area (Å²) in [5, 5.41) is 0. The predicted octanol–water partition coefficient (Wildman–Crippen LogP) is 4.09. The van der Waals surface area contributed by atoms with E-state index in [9.17, 15) is 4.79 Å². The van der Waals surface area contributed by atoms with Crippen molar-refractivity contribution in [2.24, 2.45) is 5.41 Å². The second kappa shape index (κ2) is 4.33. The number of Topliss-reactive ketones (excluding diaryl/α,β-unsaturated/α-hetero) is 1. The quantitative estimate of drug-likeness (QED) is 0.774. The molecule has 0 radical (unpaired) electrons. The average Bonchev–Trinajstić information content (AvgIpc) is 2.86. The molecule has 0 unspecified atom stereocenters. The molecule has 2 heteroatoms. The number of methoxy groups -OCH3 is 1. The average molecular weight is 280 g/mol. The third-order valence-corrected chi connectivity index (χ3v) is 5.50. The Hall–Kier alpha value is -1.83. The Morgan fingerprint density at radius 1 is 1.19 bits per heavy atom. The van der Waals surface area contributed by atoms with Gasteiger partial charge in [-0.3, -0.25) is 4.79 Å². The summed E-state index contributed by atoms with van der Waals surface area (Å²) in [6.45, 7) is 2.15. The van der Waals surface area contributed by atoms with Gasteiger partial charge in [0.25, 0.3) is 0 Å². The number of allylic oxidation sites excluding steroid dienone is 4. The SMILES string of the molecule is COc1ccc2c(c1)CC1=C2CC[C@]2(C)C(=O)CCC=C12. The van der Waals surface area contributed by atoms with Crippen molar-refractivity contribution in [2.45, 2.75) is 39.0 Å². The Labute approximate surface area is 125 Å². The van der Waals surface area contributed by atoms with Crippen molar-refractivity contribution in [1.29, 1.82) is 0 Å². The lowest BCUT2D eigenvalue weighted by molar-refractivity contribution is -0.126. The van der Waals surface area contributed by atoms with Crippen LogP contribution in [0.25, 0.3) is 5.57 Å². The predicted molar refractivity (Wildman–Crippen MR) is 83.3 cm³/mol. The zero-order valence-corrected chi connectivity index (χ0v) is 12.7. The maximum Gasteiger partial charge on any atom is 0.143 e. The Kier molecular flexibility index (Phi) is 2.66. The molecule has 0 N–H and O–H groups in total. The van der Waals surface area contributed by atoms with Crippen molar-refractivity contribution in [2.75, 3.05) is 7.11 Å². The third-order valence-electron chi connectivity index (χ3n) is 5.50. The van der Waals surface area contributed by atoms with Gasteiger partial charge in [-0.2, -0.15) is 0 Å². The van der Waals surface area contributed by atoms with Crippen LogP contribution < -0.4 is 4.74 Å². The monoisotopic (exact) mass is 280 g/mol. The van der Waals surface area contributed by atoms with Gasteiger partial charge in [0.15, 0.2) is 0 Å². The molecule has 0 amide bonds. The Bertz CT molecular complexity index is 708. The van der Waals surface area contributed by atoms with Crippen LogP contribution >= 0.6 is 0 Å². The molecular weight excluding hydrogens is 260 g/mol. The van der Waals surface area contributed by atoms with Crippen molar-refractivity contribution < 1.29 is 9.53 Å². The molecule has 0 heterocycles. The lowest BCUT2D eigenvalue weighted by Crippen LogP contribution is -2.35. The van der Waals surface area contributed by atoms with E-state index in [1.807, 2.05) is 6.07 Å². The highest BCUT2D eigenvalue weighted by atomic mass is 16.5. The topological polar surface area (TPSA) is 26.3 Å². The second-order valence-corrected chi connectivity index (χ2v) is 6.57. The summed E-state index contributed by atoms with van der Waals surface area (Å²) in [7, 11) is 1.71. The maximum atomic E-state index is 12.4. The van der Waals surface area contributed by atoms with Crippen molar-refractivity contribution in [1.82, 2.24) is 0 Å². The van der Waals surface area contributed by atoms with E-state index in [0.29, 0.717) is 12.2 Å². The van der Waals surface area contributed by atoms with Gasteiger partial charge in [-0.25, -0.2) is 0 Å².